The average molecular weight is 416 g/mol. The Labute approximate surface area is 170 Å². The van der Waals surface area contributed by atoms with E-state index in [0.717, 1.165) is 19.3 Å². The van der Waals surface area contributed by atoms with Crippen LogP contribution in [0.3, 0.4) is 0 Å². The summed E-state index contributed by atoms with van der Waals surface area (Å²) in [5, 5.41) is 0. The number of ether oxygens (including phenoxy) is 1. The maximum absolute atomic E-state index is 12.4. The number of sulfonamides is 1. The van der Waals surface area contributed by atoms with Gasteiger partial charge in [0.15, 0.2) is 6.61 Å². The molecule has 1 N–H and O–H groups in total. The SMILES string of the molecule is C[C@H]1CCCCN1C(=O)COC(=O)c1ccc(S(=O)(=O)Nc2ccccc2)cc1. The monoisotopic (exact) mass is 416 g/mol. The Balaban J connectivity index is 1.59. The van der Waals surface area contributed by atoms with Gasteiger partial charge in [-0.05, 0) is 62.6 Å². The van der Waals surface area contributed by atoms with Crippen molar-refractivity contribution >= 4 is 27.6 Å². The molecule has 0 aliphatic carbocycles. The molecule has 29 heavy (non-hydrogen) atoms. The van der Waals surface area contributed by atoms with Gasteiger partial charge in [0.2, 0.25) is 0 Å². The Kier molecular flexibility index (Phi) is 6.53. The highest BCUT2D eigenvalue weighted by Crippen LogP contribution is 2.18. The van der Waals surface area contributed by atoms with Crippen LogP contribution in [-0.2, 0) is 19.6 Å². The highest BCUT2D eigenvalue weighted by molar-refractivity contribution is 7.92. The zero-order chi connectivity index (χ0) is 20.9. The number of nitrogens with one attached hydrogen (secondary N) is 1. The maximum Gasteiger partial charge on any atom is 0.338 e. The third-order valence-corrected chi connectivity index (χ3v) is 6.27. The first-order valence-corrected chi connectivity index (χ1v) is 11.0. The zero-order valence-electron chi connectivity index (χ0n) is 16.2. The molecule has 2 aromatic rings. The highest BCUT2D eigenvalue weighted by Gasteiger charge is 2.24. The van der Waals surface area contributed by atoms with E-state index in [-0.39, 0.29) is 29.0 Å². The smallest absolute Gasteiger partial charge is 0.338 e. The van der Waals surface area contributed by atoms with Crippen LogP contribution in [0.5, 0.6) is 0 Å². The van der Waals surface area contributed by atoms with E-state index in [2.05, 4.69) is 4.72 Å². The van der Waals surface area contributed by atoms with E-state index in [9.17, 15) is 18.0 Å². The molecule has 1 aliphatic rings. The lowest BCUT2D eigenvalue weighted by atomic mass is 10.0. The average Bonchev–Trinajstić information content (AvgIpc) is 2.72. The second-order valence-corrected chi connectivity index (χ2v) is 8.69. The van der Waals surface area contributed by atoms with E-state index < -0.39 is 16.0 Å². The first-order valence-electron chi connectivity index (χ1n) is 9.51. The molecule has 0 spiro atoms. The van der Waals surface area contributed by atoms with Crippen LogP contribution >= 0.6 is 0 Å². The van der Waals surface area contributed by atoms with Crippen molar-refractivity contribution in [1.82, 2.24) is 4.90 Å². The quantitative estimate of drug-likeness (QED) is 0.731. The minimum absolute atomic E-state index is 0.0242. The largest absolute Gasteiger partial charge is 0.452 e. The van der Waals surface area contributed by atoms with E-state index in [1.165, 1.54) is 24.3 Å². The molecular formula is C21H24N2O5S. The van der Waals surface area contributed by atoms with Gasteiger partial charge in [0.1, 0.15) is 0 Å². The van der Waals surface area contributed by atoms with Crippen molar-refractivity contribution in [2.75, 3.05) is 17.9 Å². The molecule has 154 valence electrons. The molecule has 2 aromatic carbocycles. The summed E-state index contributed by atoms with van der Waals surface area (Å²) in [5.74, 6) is -0.875. The third kappa shape index (κ3) is 5.35. The topological polar surface area (TPSA) is 92.8 Å². The maximum atomic E-state index is 12.4. The van der Waals surface area contributed by atoms with Crippen molar-refractivity contribution in [2.45, 2.75) is 37.1 Å². The Morgan fingerprint density at radius 2 is 1.76 bits per heavy atom. The van der Waals surface area contributed by atoms with Gasteiger partial charge in [-0.1, -0.05) is 18.2 Å². The second-order valence-electron chi connectivity index (χ2n) is 7.00. The van der Waals surface area contributed by atoms with Gasteiger partial charge in [0.05, 0.1) is 10.5 Å². The zero-order valence-corrected chi connectivity index (χ0v) is 17.0. The molecule has 1 atom stereocenters. The lowest BCUT2D eigenvalue weighted by Crippen LogP contribution is -2.44. The number of hydrogen-bond acceptors (Lipinski definition) is 5. The Morgan fingerprint density at radius 3 is 2.41 bits per heavy atom. The van der Waals surface area contributed by atoms with E-state index in [4.69, 9.17) is 4.74 Å². The third-order valence-electron chi connectivity index (χ3n) is 4.88. The number of benzene rings is 2. The van der Waals surface area contributed by atoms with Crippen LogP contribution in [0.25, 0.3) is 0 Å². The predicted octanol–water partition coefficient (Wildman–Crippen LogP) is 3.05. The standard InChI is InChI=1S/C21H24N2O5S/c1-16-7-5-6-14-23(16)20(24)15-28-21(25)17-10-12-19(13-11-17)29(26,27)22-18-8-3-2-4-9-18/h2-4,8-13,16,22H,5-7,14-15H2,1H3/t16-/m0/s1. The second kappa shape index (κ2) is 9.09. The normalized spacial score (nSPS) is 16.9. The molecule has 1 amide bonds. The molecule has 0 bridgehead atoms. The molecule has 1 fully saturated rings. The van der Waals surface area contributed by atoms with Crippen LogP contribution < -0.4 is 4.72 Å². The number of likely N-dealkylation sites (tertiary alicyclic amines) is 1. The van der Waals surface area contributed by atoms with Gasteiger partial charge >= 0.3 is 5.97 Å². The summed E-state index contributed by atoms with van der Waals surface area (Å²) in [6, 6.07) is 14.1. The molecule has 0 saturated carbocycles. The first kappa shape index (κ1) is 20.9. The molecule has 0 aromatic heterocycles. The molecule has 8 heteroatoms. The van der Waals surface area contributed by atoms with Crippen molar-refractivity contribution in [3.05, 3.63) is 60.2 Å². The van der Waals surface area contributed by atoms with Gasteiger partial charge in [-0.2, -0.15) is 0 Å². The lowest BCUT2D eigenvalue weighted by molar-refractivity contribution is -0.137. The van der Waals surface area contributed by atoms with Crippen LogP contribution in [0.15, 0.2) is 59.5 Å². The summed E-state index contributed by atoms with van der Waals surface area (Å²) in [4.78, 5) is 26.2. The van der Waals surface area contributed by atoms with Crippen LogP contribution in [-0.4, -0.2) is 44.4 Å². The Morgan fingerprint density at radius 1 is 1.07 bits per heavy atom. The van der Waals surface area contributed by atoms with Gasteiger partial charge in [-0.3, -0.25) is 9.52 Å². The molecule has 0 radical (unpaired) electrons. The van der Waals surface area contributed by atoms with Crippen molar-refractivity contribution in [1.29, 1.82) is 0 Å². The number of piperidine rings is 1. The molecule has 7 nitrogen and oxygen atoms in total. The minimum atomic E-state index is -3.77. The van der Waals surface area contributed by atoms with Crippen LogP contribution in [0, 0.1) is 0 Å². The highest BCUT2D eigenvalue weighted by atomic mass is 32.2. The molecule has 3 rings (SSSR count). The fourth-order valence-corrected chi connectivity index (χ4v) is 4.31. The molecule has 1 saturated heterocycles. The van der Waals surface area contributed by atoms with E-state index in [1.54, 1.807) is 35.2 Å². The summed E-state index contributed by atoms with van der Waals surface area (Å²) >= 11 is 0. The van der Waals surface area contributed by atoms with E-state index in [0.29, 0.717) is 12.2 Å². The fraction of sp³-hybridized carbons (Fsp3) is 0.333. The summed E-state index contributed by atoms with van der Waals surface area (Å²) < 4.78 is 32.4. The van der Waals surface area contributed by atoms with Gasteiger partial charge in [-0.15, -0.1) is 0 Å². The van der Waals surface area contributed by atoms with Crippen molar-refractivity contribution in [3.63, 3.8) is 0 Å². The van der Waals surface area contributed by atoms with E-state index >= 15 is 0 Å². The number of rotatable bonds is 6. The van der Waals surface area contributed by atoms with Gasteiger partial charge in [0, 0.05) is 18.3 Å². The molecular weight excluding hydrogens is 392 g/mol. The Bertz CT molecular complexity index is 958. The van der Waals surface area contributed by atoms with Crippen molar-refractivity contribution in [3.8, 4) is 0 Å². The Hall–Kier alpha value is -2.87. The number of nitrogens with zero attached hydrogens (tertiary/aromatic N) is 1. The minimum Gasteiger partial charge on any atom is -0.452 e. The first-order chi connectivity index (χ1) is 13.9. The van der Waals surface area contributed by atoms with Crippen LogP contribution in [0.2, 0.25) is 0 Å². The van der Waals surface area contributed by atoms with Crippen molar-refractivity contribution in [2.24, 2.45) is 0 Å². The molecule has 0 unspecified atom stereocenters. The summed E-state index contributed by atoms with van der Waals surface area (Å²) in [6.07, 6.45) is 3.00. The number of anilines is 1. The lowest BCUT2D eigenvalue weighted by Gasteiger charge is -2.33. The fourth-order valence-electron chi connectivity index (χ4n) is 3.25. The number of amides is 1. The van der Waals surface area contributed by atoms with Gasteiger partial charge in [-0.25, -0.2) is 13.2 Å². The van der Waals surface area contributed by atoms with Crippen LogP contribution in [0.1, 0.15) is 36.5 Å². The number of carbonyl (C=O) groups excluding carboxylic acids is 2. The van der Waals surface area contributed by atoms with Crippen LogP contribution in [0.4, 0.5) is 5.69 Å². The van der Waals surface area contributed by atoms with E-state index in [1.807, 2.05) is 6.92 Å². The number of para-hydroxylation sites is 1. The molecule has 1 aliphatic heterocycles. The number of esters is 1. The van der Waals surface area contributed by atoms with Gasteiger partial charge in [0.25, 0.3) is 15.9 Å². The predicted molar refractivity (Wildman–Crippen MR) is 109 cm³/mol. The summed E-state index contributed by atoms with van der Waals surface area (Å²) in [6.45, 7) is 2.35. The van der Waals surface area contributed by atoms with Crippen molar-refractivity contribution < 1.29 is 22.7 Å². The van der Waals surface area contributed by atoms with Gasteiger partial charge < -0.3 is 9.64 Å². The molecule has 1 heterocycles. The number of carbonyl (C=O) groups is 2. The summed E-state index contributed by atoms with van der Waals surface area (Å²) in [5.41, 5.74) is 0.629. The number of hydrogen-bond donors (Lipinski definition) is 1. The summed E-state index contributed by atoms with van der Waals surface area (Å²) in [7, 11) is -3.77.